The van der Waals surface area contributed by atoms with Crippen LogP contribution in [-0.4, -0.2) is 11.8 Å². The maximum Gasteiger partial charge on any atom is 0.226 e. The van der Waals surface area contributed by atoms with Gasteiger partial charge in [-0.3, -0.25) is 4.79 Å². The number of primary amides is 1. The first-order chi connectivity index (χ1) is 6.56. The van der Waals surface area contributed by atoms with Crippen LogP contribution in [0.15, 0.2) is 22.7 Å². The largest absolute Gasteiger partial charge is 0.369 e. The quantitative estimate of drug-likeness (QED) is 0.856. The van der Waals surface area contributed by atoms with Gasteiger partial charge < -0.3 is 5.73 Å². The summed E-state index contributed by atoms with van der Waals surface area (Å²) >= 11 is 14.9. The van der Waals surface area contributed by atoms with Crippen molar-refractivity contribution in [1.29, 1.82) is 0 Å². The molecule has 2 nitrogen and oxygen atoms in total. The van der Waals surface area contributed by atoms with Gasteiger partial charge >= 0.3 is 0 Å². The lowest BCUT2D eigenvalue weighted by atomic mass is 10.0. The van der Waals surface area contributed by atoms with E-state index >= 15 is 0 Å². The Morgan fingerprint density at radius 3 is 2.64 bits per heavy atom. The Balaban J connectivity index is 3.10. The number of nitrogens with two attached hydrogens (primary N) is 1. The summed E-state index contributed by atoms with van der Waals surface area (Å²) in [5.41, 5.74) is 5.86. The van der Waals surface area contributed by atoms with Crippen LogP contribution in [0.1, 0.15) is 11.5 Å². The third-order valence-electron chi connectivity index (χ3n) is 1.84. The lowest BCUT2D eigenvalue weighted by Crippen LogP contribution is -2.22. The molecule has 0 saturated heterocycles. The van der Waals surface area contributed by atoms with Gasteiger partial charge in [0.15, 0.2) is 0 Å². The maximum absolute atomic E-state index is 11.0. The van der Waals surface area contributed by atoms with Crippen molar-refractivity contribution in [3.05, 3.63) is 33.3 Å². The van der Waals surface area contributed by atoms with Crippen LogP contribution < -0.4 is 5.73 Å². The van der Waals surface area contributed by atoms with Crippen LogP contribution in [0.4, 0.5) is 0 Å². The fourth-order valence-electron chi connectivity index (χ4n) is 1.10. The van der Waals surface area contributed by atoms with Crippen molar-refractivity contribution in [2.24, 2.45) is 5.73 Å². The summed E-state index contributed by atoms with van der Waals surface area (Å²) in [6, 6.07) is 5.24. The summed E-state index contributed by atoms with van der Waals surface area (Å²) in [7, 11) is 0. The molecule has 1 atom stereocenters. The molecule has 1 unspecified atom stereocenters. The van der Waals surface area contributed by atoms with E-state index in [-0.39, 0.29) is 5.88 Å². The minimum Gasteiger partial charge on any atom is -0.369 e. The SMILES string of the molecule is NC(=O)C(CCl)c1ccc(Br)cc1Cl. The summed E-state index contributed by atoms with van der Waals surface area (Å²) in [6.07, 6.45) is 0. The van der Waals surface area contributed by atoms with Crippen molar-refractivity contribution in [3.63, 3.8) is 0 Å². The van der Waals surface area contributed by atoms with E-state index in [1.165, 1.54) is 0 Å². The van der Waals surface area contributed by atoms with E-state index < -0.39 is 11.8 Å². The first kappa shape index (κ1) is 11.8. The summed E-state index contributed by atoms with van der Waals surface area (Å²) in [4.78, 5) is 11.0. The average molecular weight is 297 g/mol. The number of alkyl halides is 1. The summed E-state index contributed by atoms with van der Waals surface area (Å²) in [5.74, 6) is -0.863. The Morgan fingerprint density at radius 2 is 2.21 bits per heavy atom. The van der Waals surface area contributed by atoms with Crippen molar-refractivity contribution < 1.29 is 4.79 Å². The highest BCUT2D eigenvalue weighted by Crippen LogP contribution is 2.28. The first-order valence-corrected chi connectivity index (χ1v) is 5.57. The molecule has 5 heteroatoms. The van der Waals surface area contributed by atoms with Gasteiger partial charge in [-0.05, 0) is 17.7 Å². The molecule has 2 N–H and O–H groups in total. The number of hydrogen-bond donors (Lipinski definition) is 1. The Kier molecular flexibility index (Phi) is 4.23. The topological polar surface area (TPSA) is 43.1 Å². The molecule has 0 fully saturated rings. The van der Waals surface area contributed by atoms with E-state index in [9.17, 15) is 4.79 Å². The molecular formula is C9H8BrCl2NO. The van der Waals surface area contributed by atoms with Crippen molar-refractivity contribution in [2.45, 2.75) is 5.92 Å². The van der Waals surface area contributed by atoms with Crippen molar-refractivity contribution in [3.8, 4) is 0 Å². The molecule has 14 heavy (non-hydrogen) atoms. The van der Waals surface area contributed by atoms with Crippen LogP contribution in [0.2, 0.25) is 5.02 Å². The highest BCUT2D eigenvalue weighted by molar-refractivity contribution is 9.10. The molecule has 0 aliphatic heterocycles. The molecule has 0 saturated carbocycles. The van der Waals surface area contributed by atoms with Gasteiger partial charge in [-0.25, -0.2) is 0 Å². The molecule has 1 aromatic rings. The number of carbonyl (C=O) groups is 1. The minimum absolute atomic E-state index is 0.136. The van der Waals surface area contributed by atoms with Gasteiger partial charge in [-0.1, -0.05) is 33.6 Å². The molecule has 0 aliphatic rings. The Labute approximate surface area is 101 Å². The van der Waals surface area contributed by atoms with Gasteiger partial charge in [0.25, 0.3) is 0 Å². The lowest BCUT2D eigenvalue weighted by Gasteiger charge is -2.11. The zero-order chi connectivity index (χ0) is 10.7. The number of rotatable bonds is 3. The van der Waals surface area contributed by atoms with E-state index in [0.717, 1.165) is 4.47 Å². The minimum atomic E-state index is -0.530. The van der Waals surface area contributed by atoms with Crippen LogP contribution >= 0.6 is 39.1 Å². The fourth-order valence-corrected chi connectivity index (χ4v) is 2.22. The summed E-state index contributed by atoms with van der Waals surface area (Å²) in [5, 5.41) is 0.490. The first-order valence-electron chi connectivity index (χ1n) is 3.86. The second-order valence-corrected chi connectivity index (χ2v) is 4.41. The van der Waals surface area contributed by atoms with Crippen LogP contribution in [0.5, 0.6) is 0 Å². The van der Waals surface area contributed by atoms with Gasteiger partial charge in [-0.15, -0.1) is 11.6 Å². The number of amides is 1. The molecule has 0 heterocycles. The van der Waals surface area contributed by atoms with Crippen LogP contribution in [0, 0.1) is 0 Å². The average Bonchev–Trinajstić information content (AvgIpc) is 2.09. The van der Waals surface area contributed by atoms with Crippen LogP contribution in [0.3, 0.4) is 0 Å². The van der Waals surface area contributed by atoms with Crippen LogP contribution in [0.25, 0.3) is 0 Å². The second-order valence-electron chi connectivity index (χ2n) is 2.78. The van der Waals surface area contributed by atoms with Gasteiger partial charge in [0.1, 0.15) is 0 Å². The molecule has 0 aromatic heterocycles. The van der Waals surface area contributed by atoms with Crippen molar-refractivity contribution in [1.82, 2.24) is 0 Å². The number of halogens is 3. The summed E-state index contributed by atoms with van der Waals surface area (Å²) in [6.45, 7) is 0. The van der Waals surface area contributed by atoms with E-state index in [4.69, 9.17) is 28.9 Å². The van der Waals surface area contributed by atoms with Gasteiger partial charge in [0.2, 0.25) is 5.91 Å². The molecule has 76 valence electrons. The standard InChI is InChI=1S/C9H8BrCl2NO/c10-5-1-2-6(8(12)3-5)7(4-11)9(13)14/h1-3,7H,4H2,(H2,13,14). The fraction of sp³-hybridized carbons (Fsp3) is 0.222. The van der Waals surface area contributed by atoms with Crippen molar-refractivity contribution >= 4 is 45.0 Å². The van der Waals surface area contributed by atoms with E-state index in [1.807, 2.05) is 0 Å². The maximum atomic E-state index is 11.0. The number of hydrogen-bond acceptors (Lipinski definition) is 1. The molecule has 0 spiro atoms. The Morgan fingerprint density at radius 1 is 1.57 bits per heavy atom. The number of benzene rings is 1. The third-order valence-corrected chi connectivity index (χ3v) is 2.96. The van der Waals surface area contributed by atoms with Gasteiger partial charge in [-0.2, -0.15) is 0 Å². The molecule has 1 amide bonds. The van der Waals surface area contributed by atoms with Gasteiger partial charge in [0, 0.05) is 15.4 Å². The molecular weight excluding hydrogens is 289 g/mol. The zero-order valence-electron chi connectivity index (χ0n) is 7.14. The molecule has 1 rings (SSSR count). The highest BCUT2D eigenvalue weighted by Gasteiger charge is 2.19. The monoisotopic (exact) mass is 295 g/mol. The Hall–Kier alpha value is -0.250. The zero-order valence-corrected chi connectivity index (χ0v) is 10.2. The molecule has 0 bridgehead atoms. The second kappa shape index (κ2) is 5.01. The highest BCUT2D eigenvalue weighted by atomic mass is 79.9. The number of carbonyl (C=O) groups excluding carboxylic acids is 1. The third kappa shape index (κ3) is 2.62. The predicted molar refractivity (Wildman–Crippen MR) is 61.8 cm³/mol. The Bertz CT molecular complexity index is 357. The van der Waals surface area contributed by atoms with E-state index in [1.54, 1.807) is 18.2 Å². The normalized spacial score (nSPS) is 12.5. The van der Waals surface area contributed by atoms with E-state index in [2.05, 4.69) is 15.9 Å². The molecule has 0 radical (unpaired) electrons. The molecule has 0 aliphatic carbocycles. The molecule has 1 aromatic carbocycles. The van der Waals surface area contributed by atoms with Crippen molar-refractivity contribution in [2.75, 3.05) is 5.88 Å². The predicted octanol–water partition coefficient (Wildman–Crippen LogP) is 2.91. The van der Waals surface area contributed by atoms with E-state index in [0.29, 0.717) is 10.6 Å². The van der Waals surface area contributed by atoms with Gasteiger partial charge in [0.05, 0.1) is 5.92 Å². The smallest absolute Gasteiger partial charge is 0.226 e. The lowest BCUT2D eigenvalue weighted by molar-refractivity contribution is -0.119. The summed E-state index contributed by atoms with van der Waals surface area (Å²) < 4.78 is 0.851. The van der Waals surface area contributed by atoms with Crippen LogP contribution in [-0.2, 0) is 4.79 Å².